The first-order valence-corrected chi connectivity index (χ1v) is 31.9. The van der Waals surface area contributed by atoms with Crippen LogP contribution in [0.2, 0.25) is 10.0 Å². The lowest BCUT2D eigenvalue weighted by molar-refractivity contribution is -0.333. The first kappa shape index (κ1) is 73.5. The number of aliphatic carboxylic acids is 1. The number of phenolic OH excluding ortho intramolecular Hbond substituents is 3. The van der Waals surface area contributed by atoms with E-state index in [1.807, 2.05) is 0 Å². The summed E-state index contributed by atoms with van der Waals surface area (Å²) in [6.45, 7) is 5.53. The maximum Gasteiger partial charge on any atom is 0.330 e. The van der Waals surface area contributed by atoms with Gasteiger partial charge in [-0.3, -0.25) is 33.6 Å². The predicted molar refractivity (Wildman–Crippen MR) is 344 cm³/mol. The Balaban J connectivity index is 1.24. The van der Waals surface area contributed by atoms with E-state index in [4.69, 9.17) is 68.8 Å². The number of aromatic hydroxyl groups is 3. The summed E-state index contributed by atoms with van der Waals surface area (Å²) in [5, 5.41) is 127. The van der Waals surface area contributed by atoms with Crippen LogP contribution in [0.15, 0.2) is 78.9 Å². The Morgan fingerprint density at radius 3 is 1.90 bits per heavy atom. The third kappa shape index (κ3) is 15.4. The lowest BCUT2D eigenvalue weighted by atomic mass is 9.86. The van der Waals surface area contributed by atoms with Crippen molar-refractivity contribution in [2.75, 3.05) is 6.61 Å². The molecule has 35 heteroatoms. The second-order valence-electron chi connectivity index (χ2n) is 25.5. The average molecular weight is 1440 g/mol. The van der Waals surface area contributed by atoms with Gasteiger partial charge in [0, 0.05) is 34.7 Å². The zero-order valence-corrected chi connectivity index (χ0v) is 54.9. The molecule has 0 spiro atoms. The number of amides is 7. The first-order chi connectivity index (χ1) is 47.1. The fourth-order valence-corrected chi connectivity index (χ4v) is 12.7. The molecular formula is C65H73Cl2N9O24. The van der Waals surface area contributed by atoms with Crippen molar-refractivity contribution in [2.45, 2.75) is 156 Å². The van der Waals surface area contributed by atoms with Crippen molar-refractivity contribution in [3.05, 3.63) is 117 Å². The molecule has 18 atom stereocenters. The zero-order chi connectivity index (χ0) is 72.8. The van der Waals surface area contributed by atoms with Crippen LogP contribution in [0, 0.1) is 5.92 Å². The number of nitrogens with two attached hydrogens (primary N) is 3. The largest absolute Gasteiger partial charge is 0.508 e. The minimum atomic E-state index is -2.35. The number of halogens is 2. The van der Waals surface area contributed by atoms with Gasteiger partial charge >= 0.3 is 5.97 Å². The van der Waals surface area contributed by atoms with E-state index in [9.17, 15) is 75.0 Å². The van der Waals surface area contributed by atoms with Crippen molar-refractivity contribution in [1.82, 2.24) is 31.9 Å². The van der Waals surface area contributed by atoms with Gasteiger partial charge in [0.1, 0.15) is 89.5 Å². The van der Waals surface area contributed by atoms with E-state index in [-0.39, 0.29) is 46.2 Å². The highest BCUT2D eigenvalue weighted by Crippen LogP contribution is 2.50. The topological polar surface area (TPSA) is 544 Å². The molecule has 2 fully saturated rings. The van der Waals surface area contributed by atoms with Gasteiger partial charge in [-0.25, -0.2) is 4.79 Å². The third-order valence-electron chi connectivity index (χ3n) is 17.5. The van der Waals surface area contributed by atoms with Gasteiger partial charge in [0.15, 0.2) is 29.9 Å². The SMILES string of the molecule is CC(C)C[C@@H](N)C(=O)NC1C(=O)N[C@@H](CC(N)=O)C(=O)N[C@H]2C(=O)NC3C(=O)N[C@H](C(=O)N[C@@H](C(=O)O)c4cc(O)cc(O)c4-c4cc3ccc4O)[C@H](O)c3ccc(c(Cl)c3)Oc3cc2cc(c3OC2OC(CO)C(O)C(O)C2OC2CC(C)(N)C(O)C(C)O2)Oc2ccc(cc2Cl)[C@H]1O. The van der Waals surface area contributed by atoms with Gasteiger partial charge < -0.3 is 129 Å². The molecule has 2 saturated heterocycles. The van der Waals surface area contributed by atoms with Crippen molar-refractivity contribution in [1.29, 1.82) is 0 Å². The van der Waals surface area contributed by atoms with Gasteiger partial charge in [-0.2, -0.15) is 0 Å². The summed E-state index contributed by atoms with van der Waals surface area (Å²) in [6.07, 6.45) is -18.8. The summed E-state index contributed by atoms with van der Waals surface area (Å²) in [6, 6.07) is -1.18. The van der Waals surface area contributed by atoms with E-state index in [0.29, 0.717) is 0 Å². The third-order valence-corrected chi connectivity index (χ3v) is 18.1. The number of nitrogens with one attached hydrogen (secondary N) is 6. The van der Waals surface area contributed by atoms with Crippen LogP contribution in [0.3, 0.4) is 0 Å². The molecule has 0 saturated carbocycles. The van der Waals surface area contributed by atoms with Crippen LogP contribution in [0.1, 0.15) is 105 Å². The number of aliphatic hydroxyl groups excluding tert-OH is 6. The Bertz CT molecular complexity index is 4060. The molecule has 11 bridgehead atoms. The molecule has 7 aliphatic heterocycles. The second kappa shape index (κ2) is 29.6. The Morgan fingerprint density at radius 2 is 1.31 bits per heavy atom. The standard InChI is InChI=1S/C65H73Cl2N9O24/c1-22(2)11-33(68)57(87)75-48-50(82)25-6-9-37(31(66)13-25)96-39-15-27-16-40(54(39)100-64-55(53(85)52(84)41(21-77)98-64)99-43-20-65(4,70)56(86)23(3)95-43)97-38-10-7-26(14-32(38)67)51(83)49-62(92)74-47(63(93)94)30-17-28(78)18-36(80)44(30)29-12-24(5-8-35(29)79)45(59(89)76-49)73-60(90)46(27)72-58(88)34(19-42(69)81)71-61(48)91/h5-10,12-18,22-23,33-34,41,43,45-53,55-56,64,77-80,82-86H,11,19-21,68,70H2,1-4H3,(H2,69,81)(H,71,91)(H,72,88)(H,73,90)(H,74,92)(H,75,87)(H,76,89)(H,93,94)/t23?,33-,34+,41?,43?,45?,46-,47-,48?,49+,50-,51-,52?,53?,55?,56?,64?,65?/m1/s1. The molecular weight excluding hydrogens is 1360 g/mol. The lowest BCUT2D eigenvalue weighted by Crippen LogP contribution is -2.64. The highest BCUT2D eigenvalue weighted by atomic mass is 35.5. The van der Waals surface area contributed by atoms with Crippen LogP contribution >= 0.6 is 23.2 Å². The van der Waals surface area contributed by atoms with Crippen LogP contribution in [-0.2, 0) is 52.6 Å². The van der Waals surface area contributed by atoms with Crippen molar-refractivity contribution >= 4 is 70.5 Å². The van der Waals surface area contributed by atoms with Crippen molar-refractivity contribution < 1.29 is 118 Å². The average Bonchev–Trinajstić information content (AvgIpc) is 0.768. The van der Waals surface area contributed by atoms with Crippen molar-refractivity contribution in [2.24, 2.45) is 23.1 Å². The molecule has 100 heavy (non-hydrogen) atoms. The van der Waals surface area contributed by atoms with E-state index < -0.39 is 237 Å². The summed E-state index contributed by atoms with van der Waals surface area (Å²) in [4.78, 5) is 116. The number of fused-ring (bicyclic) bond motifs is 15. The summed E-state index contributed by atoms with van der Waals surface area (Å²) in [5.74, 6) is -16.3. The van der Waals surface area contributed by atoms with Crippen LogP contribution in [0.4, 0.5) is 0 Å². The van der Waals surface area contributed by atoms with Gasteiger partial charge in [0.05, 0.1) is 41.3 Å². The quantitative estimate of drug-likeness (QED) is 0.0772. The summed E-state index contributed by atoms with van der Waals surface area (Å²) < 4.78 is 38.2. The first-order valence-electron chi connectivity index (χ1n) is 31.2. The van der Waals surface area contributed by atoms with Gasteiger partial charge in [-0.15, -0.1) is 0 Å². The molecule has 7 amide bonds. The highest BCUT2D eigenvalue weighted by Gasteiger charge is 2.51. The van der Waals surface area contributed by atoms with Gasteiger partial charge in [0.25, 0.3) is 0 Å². The molecule has 0 aromatic heterocycles. The molecule has 0 aliphatic carbocycles. The fourth-order valence-electron chi connectivity index (χ4n) is 12.3. The smallest absolute Gasteiger partial charge is 0.330 e. The number of benzene rings is 5. The molecule has 12 rings (SSSR count). The Hall–Kier alpha value is -9.20. The highest BCUT2D eigenvalue weighted by molar-refractivity contribution is 6.32. The number of carboxylic acid groups (broad SMARTS) is 1. The number of primary amides is 1. The number of carbonyl (C=O) groups is 8. The second-order valence-corrected chi connectivity index (χ2v) is 26.3. The molecule has 7 heterocycles. The van der Waals surface area contributed by atoms with E-state index in [1.54, 1.807) is 13.8 Å². The summed E-state index contributed by atoms with van der Waals surface area (Å²) in [5.41, 5.74) is 14.1. The number of aliphatic hydroxyl groups is 6. The molecule has 5 aromatic carbocycles. The Kier molecular flexibility index (Phi) is 21.7. The van der Waals surface area contributed by atoms with Crippen molar-refractivity contribution in [3.63, 3.8) is 0 Å². The number of hydrogen-bond donors (Lipinski definition) is 19. The number of ether oxygens (including phenoxy) is 6. The maximum atomic E-state index is 16.0. The maximum absolute atomic E-state index is 16.0. The van der Waals surface area contributed by atoms with Gasteiger partial charge in [-0.1, -0.05) is 55.2 Å². The van der Waals surface area contributed by atoms with Crippen LogP contribution in [-0.4, -0.2) is 184 Å². The van der Waals surface area contributed by atoms with E-state index in [0.717, 1.165) is 66.7 Å². The predicted octanol–water partition coefficient (Wildman–Crippen LogP) is -0.154. The summed E-state index contributed by atoms with van der Waals surface area (Å²) >= 11 is 14.1. The summed E-state index contributed by atoms with van der Waals surface area (Å²) in [7, 11) is 0. The van der Waals surface area contributed by atoms with Crippen molar-refractivity contribution in [3.8, 4) is 57.1 Å². The van der Waals surface area contributed by atoms with E-state index in [1.165, 1.54) is 26.0 Å². The van der Waals surface area contributed by atoms with Crippen LogP contribution < -0.4 is 63.3 Å². The molecule has 7 aliphatic rings. The van der Waals surface area contributed by atoms with Gasteiger partial charge in [0.2, 0.25) is 53.4 Å². The number of carbonyl (C=O) groups excluding carboxylic acids is 7. The van der Waals surface area contributed by atoms with Crippen LogP contribution in [0.5, 0.6) is 46.0 Å². The Labute approximate surface area is 577 Å². The fraction of sp³-hybridized carbons (Fsp3) is 0.415. The zero-order valence-electron chi connectivity index (χ0n) is 53.4. The minimum Gasteiger partial charge on any atom is -0.508 e. The number of phenols is 3. The number of hydrogen-bond acceptors (Lipinski definition) is 25. The van der Waals surface area contributed by atoms with Gasteiger partial charge in [-0.05, 0) is 103 Å². The normalized spacial score (nSPS) is 29.6. The number of rotatable bonds is 12. The molecule has 11 unspecified atom stereocenters. The molecule has 5 aromatic rings. The molecule has 0 radical (unpaired) electrons. The number of carboxylic acids is 1. The molecule has 22 N–H and O–H groups in total. The van der Waals surface area contributed by atoms with Crippen LogP contribution in [0.25, 0.3) is 11.1 Å². The van der Waals surface area contributed by atoms with E-state index in [2.05, 4.69) is 31.9 Å². The van der Waals surface area contributed by atoms with E-state index >= 15 is 14.4 Å². The molecule has 536 valence electrons. The lowest BCUT2D eigenvalue weighted by Gasteiger charge is -2.47. The molecule has 33 nitrogen and oxygen atoms in total. The monoisotopic (exact) mass is 1430 g/mol. The minimum absolute atomic E-state index is 0.0742. The Morgan fingerprint density at radius 1 is 0.710 bits per heavy atom.